The molecule has 7 heteroatoms. The summed E-state index contributed by atoms with van der Waals surface area (Å²) in [5.74, 6) is 0.0922. The van der Waals surface area contributed by atoms with Gasteiger partial charge in [0.05, 0.1) is 0 Å². The van der Waals surface area contributed by atoms with Gasteiger partial charge in [-0.1, -0.05) is 30.3 Å². The van der Waals surface area contributed by atoms with Crippen LogP contribution in [0.2, 0.25) is 0 Å². The van der Waals surface area contributed by atoms with Crippen molar-refractivity contribution in [3.05, 3.63) is 42.2 Å². The Morgan fingerprint density at radius 2 is 1.83 bits per heavy atom. The number of hydrogen-bond donors (Lipinski definition) is 0. The van der Waals surface area contributed by atoms with Crippen molar-refractivity contribution >= 4 is 5.91 Å². The molecule has 0 spiro atoms. The van der Waals surface area contributed by atoms with E-state index in [-0.39, 0.29) is 5.91 Å². The molecule has 0 saturated carbocycles. The van der Waals surface area contributed by atoms with Crippen LogP contribution in [0.25, 0.3) is 0 Å². The summed E-state index contributed by atoms with van der Waals surface area (Å²) in [6.45, 7) is 7.72. The smallest absolute Gasteiger partial charge is 0.248 e. The van der Waals surface area contributed by atoms with Gasteiger partial charge in [0, 0.05) is 38.6 Å². The summed E-state index contributed by atoms with van der Waals surface area (Å²) >= 11 is 0. The Hall–Kier alpha value is -2.28. The van der Waals surface area contributed by atoms with Crippen molar-refractivity contribution in [3.63, 3.8) is 0 Å². The zero-order valence-corrected chi connectivity index (χ0v) is 14.2. The molecule has 0 aliphatic carbocycles. The zero-order chi connectivity index (χ0) is 16.9. The molecule has 24 heavy (non-hydrogen) atoms. The van der Waals surface area contributed by atoms with Crippen molar-refractivity contribution < 1.29 is 4.79 Å². The number of benzene rings is 1. The zero-order valence-electron chi connectivity index (χ0n) is 14.2. The Balaban J connectivity index is 1.73. The fourth-order valence-electron chi connectivity index (χ4n) is 3.11. The molecule has 1 amide bonds. The van der Waals surface area contributed by atoms with E-state index in [0.717, 1.165) is 31.7 Å². The first-order valence-electron chi connectivity index (χ1n) is 8.44. The van der Waals surface area contributed by atoms with Crippen molar-refractivity contribution in [3.8, 4) is 0 Å². The lowest BCUT2D eigenvalue weighted by molar-refractivity contribution is -0.137. The van der Waals surface area contributed by atoms with Crippen LogP contribution in [0.3, 0.4) is 0 Å². The highest BCUT2D eigenvalue weighted by molar-refractivity contribution is 5.80. The van der Waals surface area contributed by atoms with Crippen LogP contribution in [0.1, 0.15) is 25.5 Å². The fraction of sp³-hybridized carbons (Fsp3) is 0.529. The fourth-order valence-corrected chi connectivity index (χ4v) is 3.11. The van der Waals surface area contributed by atoms with Gasteiger partial charge in [0.15, 0.2) is 0 Å². The van der Waals surface area contributed by atoms with E-state index in [4.69, 9.17) is 0 Å². The third kappa shape index (κ3) is 3.79. The number of rotatable bonds is 5. The third-order valence-electron chi connectivity index (χ3n) is 4.60. The largest absolute Gasteiger partial charge is 0.338 e. The van der Waals surface area contributed by atoms with Gasteiger partial charge in [0.2, 0.25) is 5.91 Å². The maximum atomic E-state index is 13.1. The molecule has 1 fully saturated rings. The first-order chi connectivity index (χ1) is 11.6. The summed E-state index contributed by atoms with van der Waals surface area (Å²) < 4.78 is 1.57. The Kier molecular flexibility index (Phi) is 5.20. The van der Waals surface area contributed by atoms with E-state index in [0.29, 0.717) is 12.5 Å². The molecular formula is C17H24N6O. The molecule has 7 nitrogen and oxygen atoms in total. The minimum Gasteiger partial charge on any atom is -0.338 e. The normalized spacial score (nSPS) is 17.2. The highest BCUT2D eigenvalue weighted by Crippen LogP contribution is 2.18. The van der Waals surface area contributed by atoms with E-state index in [1.54, 1.807) is 4.68 Å². The average molecular weight is 328 g/mol. The predicted molar refractivity (Wildman–Crippen MR) is 90.3 cm³/mol. The molecule has 128 valence electrons. The number of carbonyl (C=O) groups is 1. The maximum absolute atomic E-state index is 13.1. The molecule has 1 saturated heterocycles. The SMILES string of the molecule is CC(C)N1CCN(C(=O)C(Cc2ccccc2)n2cnnn2)CC1. The number of nitrogens with zero attached hydrogens (tertiary/aromatic N) is 6. The lowest BCUT2D eigenvalue weighted by Crippen LogP contribution is -2.52. The molecule has 3 rings (SSSR count). The highest BCUT2D eigenvalue weighted by Gasteiger charge is 2.30. The van der Waals surface area contributed by atoms with Gasteiger partial charge in [-0.3, -0.25) is 9.69 Å². The van der Waals surface area contributed by atoms with Crippen molar-refractivity contribution in [1.29, 1.82) is 0 Å². The molecular weight excluding hydrogens is 304 g/mol. The van der Waals surface area contributed by atoms with Gasteiger partial charge in [-0.15, -0.1) is 5.10 Å². The van der Waals surface area contributed by atoms with Crippen molar-refractivity contribution in [2.75, 3.05) is 26.2 Å². The second-order valence-corrected chi connectivity index (χ2v) is 6.45. The summed E-state index contributed by atoms with van der Waals surface area (Å²) in [5, 5.41) is 11.4. The molecule has 1 aliphatic heterocycles. The quantitative estimate of drug-likeness (QED) is 0.819. The van der Waals surface area contributed by atoms with Gasteiger partial charge in [-0.05, 0) is 29.8 Å². The maximum Gasteiger partial charge on any atom is 0.248 e. The first-order valence-corrected chi connectivity index (χ1v) is 8.44. The number of carbonyl (C=O) groups excluding carboxylic acids is 1. The van der Waals surface area contributed by atoms with Crippen LogP contribution >= 0.6 is 0 Å². The van der Waals surface area contributed by atoms with Gasteiger partial charge >= 0.3 is 0 Å². The average Bonchev–Trinajstić information content (AvgIpc) is 3.14. The minimum absolute atomic E-state index is 0.0922. The molecule has 0 bridgehead atoms. The lowest BCUT2D eigenvalue weighted by Gasteiger charge is -2.38. The summed E-state index contributed by atoms with van der Waals surface area (Å²) in [4.78, 5) is 17.4. The second kappa shape index (κ2) is 7.53. The van der Waals surface area contributed by atoms with Crippen LogP contribution in [0.15, 0.2) is 36.7 Å². The Morgan fingerprint density at radius 3 is 2.42 bits per heavy atom. The highest BCUT2D eigenvalue weighted by atomic mass is 16.2. The van der Waals surface area contributed by atoms with E-state index in [1.165, 1.54) is 6.33 Å². The van der Waals surface area contributed by atoms with E-state index in [2.05, 4.69) is 34.3 Å². The standard InChI is InChI=1S/C17H24N6O/c1-14(2)21-8-10-22(11-9-21)17(24)16(23-13-18-19-20-23)12-15-6-4-3-5-7-15/h3-7,13-14,16H,8-12H2,1-2H3. The number of amides is 1. The Morgan fingerprint density at radius 1 is 1.12 bits per heavy atom. The molecule has 1 atom stereocenters. The van der Waals surface area contributed by atoms with Gasteiger partial charge in [-0.2, -0.15) is 0 Å². The summed E-state index contributed by atoms with van der Waals surface area (Å²) in [5.41, 5.74) is 1.10. The van der Waals surface area contributed by atoms with Crippen LogP contribution in [-0.2, 0) is 11.2 Å². The molecule has 1 aromatic carbocycles. The topological polar surface area (TPSA) is 67.2 Å². The molecule has 0 radical (unpaired) electrons. The summed E-state index contributed by atoms with van der Waals surface area (Å²) in [6, 6.07) is 10.1. The molecule has 1 unspecified atom stereocenters. The van der Waals surface area contributed by atoms with Crippen LogP contribution < -0.4 is 0 Å². The lowest BCUT2D eigenvalue weighted by atomic mass is 10.0. The van der Waals surface area contributed by atoms with Gasteiger partial charge in [0.1, 0.15) is 12.4 Å². The second-order valence-electron chi connectivity index (χ2n) is 6.45. The van der Waals surface area contributed by atoms with Crippen molar-refractivity contribution in [1.82, 2.24) is 30.0 Å². The third-order valence-corrected chi connectivity index (χ3v) is 4.60. The van der Waals surface area contributed by atoms with E-state index in [9.17, 15) is 4.79 Å². The summed E-state index contributed by atoms with van der Waals surface area (Å²) in [6.07, 6.45) is 2.12. The molecule has 0 N–H and O–H groups in total. The predicted octanol–water partition coefficient (Wildman–Crippen LogP) is 1.01. The number of tetrazole rings is 1. The van der Waals surface area contributed by atoms with E-state index >= 15 is 0 Å². The van der Waals surface area contributed by atoms with Crippen LogP contribution in [0.5, 0.6) is 0 Å². The first kappa shape index (κ1) is 16.6. The van der Waals surface area contributed by atoms with Crippen LogP contribution in [0.4, 0.5) is 0 Å². The van der Waals surface area contributed by atoms with Gasteiger partial charge in [-0.25, -0.2) is 4.68 Å². The van der Waals surface area contributed by atoms with Crippen molar-refractivity contribution in [2.24, 2.45) is 0 Å². The number of aromatic nitrogens is 4. The number of hydrogen-bond acceptors (Lipinski definition) is 5. The van der Waals surface area contributed by atoms with Crippen LogP contribution in [0, 0.1) is 0 Å². The van der Waals surface area contributed by atoms with Crippen LogP contribution in [-0.4, -0.2) is 68.1 Å². The molecule has 1 aliphatic rings. The Labute approximate surface area is 142 Å². The molecule has 2 aromatic rings. The number of piperazine rings is 1. The Bertz CT molecular complexity index is 634. The van der Waals surface area contributed by atoms with Gasteiger partial charge in [0.25, 0.3) is 0 Å². The van der Waals surface area contributed by atoms with E-state index < -0.39 is 6.04 Å². The van der Waals surface area contributed by atoms with E-state index in [1.807, 2.05) is 35.2 Å². The minimum atomic E-state index is -0.395. The molecule has 2 heterocycles. The van der Waals surface area contributed by atoms with Gasteiger partial charge < -0.3 is 4.90 Å². The molecule has 1 aromatic heterocycles. The monoisotopic (exact) mass is 328 g/mol. The van der Waals surface area contributed by atoms with Crippen molar-refractivity contribution in [2.45, 2.75) is 32.4 Å². The summed E-state index contributed by atoms with van der Waals surface area (Å²) in [7, 11) is 0.